The molecule has 27 heavy (non-hydrogen) atoms. The zero-order valence-corrected chi connectivity index (χ0v) is 13.8. The number of carbonyl (C=O) groups excluding carboxylic acids is 2. The van der Waals surface area contributed by atoms with Gasteiger partial charge in [-0.2, -0.15) is 13.2 Å². The van der Waals surface area contributed by atoms with E-state index in [4.69, 9.17) is 5.73 Å². The van der Waals surface area contributed by atoms with Crippen LogP contribution in [0.3, 0.4) is 0 Å². The highest BCUT2D eigenvalue weighted by Crippen LogP contribution is 2.30. The zero-order chi connectivity index (χ0) is 20.2. The summed E-state index contributed by atoms with van der Waals surface area (Å²) < 4.78 is 51.4. The number of rotatable bonds is 6. The van der Waals surface area contributed by atoms with Gasteiger partial charge in [-0.05, 0) is 29.3 Å². The Kier molecular flexibility index (Phi) is 6.17. The number of nitrogens with one attached hydrogen (secondary N) is 1. The average molecular weight is 384 g/mol. The van der Waals surface area contributed by atoms with Gasteiger partial charge < -0.3 is 16.2 Å². The molecule has 2 aromatic rings. The van der Waals surface area contributed by atoms with Gasteiger partial charge in [0.25, 0.3) is 5.91 Å². The van der Waals surface area contributed by atoms with Crippen LogP contribution < -0.4 is 11.1 Å². The Bertz CT molecular complexity index is 822. The minimum atomic E-state index is -4.55. The van der Waals surface area contributed by atoms with Gasteiger partial charge in [0.05, 0.1) is 5.56 Å². The number of amides is 2. The first kappa shape index (κ1) is 20.4. The predicted octanol–water partition coefficient (Wildman–Crippen LogP) is 2.09. The summed E-state index contributed by atoms with van der Waals surface area (Å²) in [5, 5.41) is 12.2. The molecule has 9 heteroatoms. The van der Waals surface area contributed by atoms with E-state index < -0.39 is 41.5 Å². The van der Waals surface area contributed by atoms with Crippen molar-refractivity contribution in [3.63, 3.8) is 0 Å². The first-order valence-corrected chi connectivity index (χ1v) is 7.78. The fraction of sp³-hybridized carbons (Fsp3) is 0.222. The highest BCUT2D eigenvalue weighted by Gasteiger charge is 2.31. The van der Waals surface area contributed by atoms with Crippen LogP contribution in [0, 0.1) is 5.82 Å². The molecule has 2 rings (SSSR count). The van der Waals surface area contributed by atoms with Gasteiger partial charge in [0, 0.05) is 6.42 Å². The van der Waals surface area contributed by atoms with Crippen molar-refractivity contribution in [1.29, 1.82) is 0 Å². The molecular formula is C18H16F4N2O3. The van der Waals surface area contributed by atoms with E-state index >= 15 is 0 Å². The summed E-state index contributed by atoms with van der Waals surface area (Å²) in [6, 6.07) is 7.59. The Morgan fingerprint density at radius 3 is 2.19 bits per heavy atom. The molecule has 0 saturated carbocycles. The van der Waals surface area contributed by atoms with Gasteiger partial charge in [-0.15, -0.1) is 0 Å². The summed E-state index contributed by atoms with van der Waals surface area (Å²) in [5.41, 5.74) is 4.30. The monoisotopic (exact) mass is 384 g/mol. The van der Waals surface area contributed by atoms with Crippen molar-refractivity contribution in [2.24, 2.45) is 5.73 Å². The van der Waals surface area contributed by atoms with Gasteiger partial charge in [-0.25, -0.2) is 4.39 Å². The molecule has 0 spiro atoms. The number of carbonyl (C=O) groups is 2. The highest BCUT2D eigenvalue weighted by atomic mass is 19.4. The van der Waals surface area contributed by atoms with Gasteiger partial charge in [0.2, 0.25) is 5.91 Å². The minimum absolute atomic E-state index is 0.102. The van der Waals surface area contributed by atoms with Crippen molar-refractivity contribution in [1.82, 2.24) is 5.32 Å². The largest absolute Gasteiger partial charge is 0.416 e. The van der Waals surface area contributed by atoms with Crippen molar-refractivity contribution in [3.05, 3.63) is 71.0 Å². The maximum atomic E-state index is 13.7. The van der Waals surface area contributed by atoms with Crippen molar-refractivity contribution in [2.75, 3.05) is 0 Å². The summed E-state index contributed by atoms with van der Waals surface area (Å²) in [4.78, 5) is 23.7. The summed E-state index contributed by atoms with van der Waals surface area (Å²) in [7, 11) is 0. The molecule has 0 aliphatic heterocycles. The Morgan fingerprint density at radius 1 is 1.07 bits per heavy atom. The summed E-state index contributed by atoms with van der Waals surface area (Å²) in [5.74, 6) is -2.59. The Balaban J connectivity index is 2.10. The van der Waals surface area contributed by atoms with Gasteiger partial charge in [0.1, 0.15) is 11.9 Å². The van der Waals surface area contributed by atoms with Gasteiger partial charge in [-0.3, -0.25) is 9.59 Å². The lowest BCUT2D eigenvalue weighted by molar-refractivity contribution is -0.137. The second-order valence-electron chi connectivity index (χ2n) is 5.78. The quantitative estimate of drug-likeness (QED) is 0.666. The van der Waals surface area contributed by atoms with Crippen LogP contribution in [-0.4, -0.2) is 23.0 Å². The lowest BCUT2D eigenvalue weighted by atomic mass is 10.0. The third kappa shape index (κ3) is 5.27. The molecule has 0 aliphatic rings. The number of aliphatic hydroxyl groups excluding tert-OH is 1. The van der Waals surface area contributed by atoms with Crippen LogP contribution in [0.5, 0.6) is 0 Å². The summed E-state index contributed by atoms with van der Waals surface area (Å²) >= 11 is 0. The first-order valence-electron chi connectivity index (χ1n) is 7.78. The molecule has 0 aromatic heterocycles. The van der Waals surface area contributed by atoms with E-state index in [1.165, 1.54) is 24.3 Å². The van der Waals surface area contributed by atoms with E-state index in [0.29, 0.717) is 0 Å². The average Bonchev–Trinajstić information content (AvgIpc) is 2.61. The van der Waals surface area contributed by atoms with Crippen molar-refractivity contribution in [3.8, 4) is 0 Å². The number of hydrogen-bond acceptors (Lipinski definition) is 3. The third-order valence-corrected chi connectivity index (χ3v) is 3.84. The number of benzene rings is 2. The Morgan fingerprint density at radius 2 is 1.67 bits per heavy atom. The van der Waals surface area contributed by atoms with Crippen LogP contribution in [0.15, 0.2) is 48.5 Å². The van der Waals surface area contributed by atoms with Crippen molar-refractivity contribution in [2.45, 2.75) is 24.7 Å². The second-order valence-corrected chi connectivity index (χ2v) is 5.78. The smallest absolute Gasteiger partial charge is 0.378 e. The van der Waals surface area contributed by atoms with E-state index in [-0.39, 0.29) is 17.5 Å². The van der Waals surface area contributed by atoms with Gasteiger partial charge >= 0.3 is 6.18 Å². The van der Waals surface area contributed by atoms with Gasteiger partial charge in [0.15, 0.2) is 6.10 Å². The van der Waals surface area contributed by atoms with Crippen molar-refractivity contribution < 1.29 is 32.3 Å². The van der Waals surface area contributed by atoms with E-state index in [9.17, 15) is 32.3 Å². The Labute approximate surface area is 151 Å². The first-order chi connectivity index (χ1) is 12.6. The number of aliphatic hydroxyl groups is 1. The number of nitrogens with two attached hydrogens (primary N) is 1. The van der Waals surface area contributed by atoms with Crippen LogP contribution in [-0.2, 0) is 22.2 Å². The number of primary amides is 1. The molecule has 4 N–H and O–H groups in total. The molecule has 5 nitrogen and oxygen atoms in total. The Hall–Kier alpha value is -2.94. The number of hydrogen-bond donors (Lipinski definition) is 3. The lowest BCUT2D eigenvalue weighted by Crippen LogP contribution is -2.47. The van der Waals surface area contributed by atoms with Crippen LogP contribution in [0.25, 0.3) is 0 Å². The molecule has 0 unspecified atom stereocenters. The van der Waals surface area contributed by atoms with E-state index in [1.54, 1.807) is 0 Å². The topological polar surface area (TPSA) is 92.4 Å². The number of halogens is 4. The summed E-state index contributed by atoms with van der Waals surface area (Å²) in [6.45, 7) is 0. The van der Waals surface area contributed by atoms with Crippen LogP contribution >= 0.6 is 0 Å². The van der Waals surface area contributed by atoms with E-state index in [0.717, 1.165) is 24.3 Å². The zero-order valence-electron chi connectivity index (χ0n) is 13.8. The molecule has 2 atom stereocenters. The molecule has 0 aliphatic carbocycles. The van der Waals surface area contributed by atoms with E-state index in [1.807, 2.05) is 0 Å². The minimum Gasteiger partial charge on any atom is -0.378 e. The molecule has 2 aromatic carbocycles. The predicted molar refractivity (Wildman–Crippen MR) is 87.6 cm³/mol. The molecule has 0 fully saturated rings. The number of alkyl halides is 3. The highest BCUT2D eigenvalue weighted by molar-refractivity contribution is 5.89. The standard InChI is InChI=1S/C18H16F4N2O3/c19-13-4-2-1-3-11(13)9-14(16(23)26)24-17(27)15(25)10-5-7-12(8-6-10)18(20,21)22/h1-8,14-15,25H,9H2,(H2,23,26)(H,24,27)/t14-,15+/m1/s1. The second kappa shape index (κ2) is 8.17. The van der Waals surface area contributed by atoms with Crippen LogP contribution in [0.2, 0.25) is 0 Å². The lowest BCUT2D eigenvalue weighted by Gasteiger charge is -2.19. The SMILES string of the molecule is NC(=O)[C@@H](Cc1ccccc1F)NC(=O)[C@@H](O)c1ccc(C(F)(F)F)cc1. The fourth-order valence-corrected chi connectivity index (χ4v) is 2.36. The molecule has 0 radical (unpaired) electrons. The molecular weight excluding hydrogens is 368 g/mol. The molecule has 0 saturated heterocycles. The maximum absolute atomic E-state index is 13.7. The van der Waals surface area contributed by atoms with E-state index in [2.05, 4.69) is 5.32 Å². The summed E-state index contributed by atoms with van der Waals surface area (Å²) in [6.07, 6.45) is -6.62. The van der Waals surface area contributed by atoms with Crippen molar-refractivity contribution >= 4 is 11.8 Å². The molecule has 2 amide bonds. The molecule has 0 bridgehead atoms. The van der Waals surface area contributed by atoms with Crippen LogP contribution in [0.4, 0.5) is 17.6 Å². The van der Waals surface area contributed by atoms with Gasteiger partial charge in [-0.1, -0.05) is 30.3 Å². The molecule has 144 valence electrons. The van der Waals surface area contributed by atoms with Crippen LogP contribution in [0.1, 0.15) is 22.8 Å². The fourth-order valence-electron chi connectivity index (χ4n) is 2.36. The molecule has 0 heterocycles. The maximum Gasteiger partial charge on any atom is 0.416 e. The third-order valence-electron chi connectivity index (χ3n) is 3.84. The normalized spacial score (nSPS) is 13.7.